The van der Waals surface area contributed by atoms with E-state index >= 15 is 0 Å². The van der Waals surface area contributed by atoms with E-state index < -0.39 is 0 Å². The third-order valence-electron chi connectivity index (χ3n) is 5.98. The third-order valence-corrected chi connectivity index (χ3v) is 5.98. The van der Waals surface area contributed by atoms with E-state index in [-0.39, 0.29) is 23.9 Å². The van der Waals surface area contributed by atoms with Crippen LogP contribution in [0.4, 0.5) is 5.69 Å². The second kappa shape index (κ2) is 7.16. The van der Waals surface area contributed by atoms with E-state index in [9.17, 15) is 9.59 Å². The molecular formula is C20H27N3O2. The Morgan fingerprint density at radius 1 is 0.840 bits per heavy atom. The molecule has 25 heavy (non-hydrogen) atoms. The number of imide groups is 1. The van der Waals surface area contributed by atoms with Crippen LogP contribution in [0.15, 0.2) is 30.3 Å². The first-order valence-electron chi connectivity index (χ1n) is 9.64. The quantitative estimate of drug-likeness (QED) is 0.791. The van der Waals surface area contributed by atoms with Gasteiger partial charge in [0.05, 0.1) is 12.5 Å². The monoisotopic (exact) mass is 341 g/mol. The molecular weight excluding hydrogens is 314 g/mol. The predicted molar refractivity (Wildman–Crippen MR) is 97.4 cm³/mol. The SMILES string of the molecule is O=C1C[C@@H](N2CCN(c3ccccc3)CC2)C(=O)N1C1CCCCC1. The van der Waals surface area contributed by atoms with Crippen LogP contribution in [0.1, 0.15) is 38.5 Å². The molecule has 0 unspecified atom stereocenters. The van der Waals surface area contributed by atoms with Crippen molar-refractivity contribution < 1.29 is 9.59 Å². The van der Waals surface area contributed by atoms with Gasteiger partial charge in [-0.2, -0.15) is 0 Å². The fourth-order valence-electron chi connectivity index (χ4n) is 4.57. The lowest BCUT2D eigenvalue weighted by molar-refractivity contribution is -0.143. The average molecular weight is 341 g/mol. The van der Waals surface area contributed by atoms with Gasteiger partial charge < -0.3 is 4.90 Å². The molecule has 0 radical (unpaired) electrons. The van der Waals surface area contributed by atoms with Crippen LogP contribution in [-0.2, 0) is 9.59 Å². The smallest absolute Gasteiger partial charge is 0.247 e. The Kier molecular flexibility index (Phi) is 4.75. The highest BCUT2D eigenvalue weighted by molar-refractivity contribution is 6.05. The number of rotatable bonds is 3. The summed E-state index contributed by atoms with van der Waals surface area (Å²) in [5.74, 6) is 0.109. The van der Waals surface area contributed by atoms with E-state index in [1.807, 2.05) is 6.07 Å². The Morgan fingerprint density at radius 2 is 1.52 bits per heavy atom. The summed E-state index contributed by atoms with van der Waals surface area (Å²) in [7, 11) is 0. The molecule has 0 spiro atoms. The van der Waals surface area contributed by atoms with Crippen LogP contribution in [0.2, 0.25) is 0 Å². The fourth-order valence-corrected chi connectivity index (χ4v) is 4.57. The summed E-state index contributed by atoms with van der Waals surface area (Å²) < 4.78 is 0. The number of amides is 2. The van der Waals surface area contributed by atoms with Gasteiger partial charge in [0.25, 0.3) is 0 Å². The summed E-state index contributed by atoms with van der Waals surface area (Å²) in [4.78, 5) is 31.6. The molecule has 1 aliphatic carbocycles. The Labute approximate surface area is 149 Å². The number of piperazine rings is 1. The van der Waals surface area contributed by atoms with Crippen molar-refractivity contribution in [3.63, 3.8) is 0 Å². The first kappa shape index (κ1) is 16.6. The van der Waals surface area contributed by atoms with Gasteiger partial charge in [0.1, 0.15) is 0 Å². The van der Waals surface area contributed by atoms with Crippen LogP contribution in [0.25, 0.3) is 0 Å². The number of hydrogen-bond acceptors (Lipinski definition) is 4. The van der Waals surface area contributed by atoms with Gasteiger partial charge in [0, 0.05) is 37.9 Å². The molecule has 0 N–H and O–H groups in total. The van der Waals surface area contributed by atoms with E-state index in [0.717, 1.165) is 51.9 Å². The van der Waals surface area contributed by atoms with E-state index in [1.54, 1.807) is 4.90 Å². The summed E-state index contributed by atoms with van der Waals surface area (Å²) in [6.45, 7) is 3.50. The van der Waals surface area contributed by atoms with Crippen molar-refractivity contribution in [1.82, 2.24) is 9.80 Å². The number of likely N-dealkylation sites (tertiary alicyclic amines) is 1. The topological polar surface area (TPSA) is 43.9 Å². The minimum Gasteiger partial charge on any atom is -0.369 e. The molecule has 2 aliphatic heterocycles. The zero-order valence-corrected chi connectivity index (χ0v) is 14.8. The van der Waals surface area contributed by atoms with Crippen molar-refractivity contribution in [1.29, 1.82) is 0 Å². The summed E-state index contributed by atoms with van der Waals surface area (Å²) >= 11 is 0. The normalized spacial score (nSPS) is 26.5. The first-order valence-corrected chi connectivity index (χ1v) is 9.64. The number of anilines is 1. The maximum absolute atomic E-state index is 12.9. The number of benzene rings is 1. The van der Waals surface area contributed by atoms with Gasteiger partial charge in [0.15, 0.2) is 0 Å². The molecule has 4 rings (SSSR count). The summed E-state index contributed by atoms with van der Waals surface area (Å²) in [6.07, 6.45) is 5.88. The molecule has 0 aromatic heterocycles. The van der Waals surface area contributed by atoms with Crippen molar-refractivity contribution >= 4 is 17.5 Å². The van der Waals surface area contributed by atoms with E-state index in [0.29, 0.717) is 6.42 Å². The van der Waals surface area contributed by atoms with Gasteiger partial charge in [-0.15, -0.1) is 0 Å². The van der Waals surface area contributed by atoms with E-state index in [4.69, 9.17) is 0 Å². The standard InChI is InChI=1S/C20H27N3O2/c24-19-15-18(20(25)23(19)17-9-5-2-6-10-17)22-13-11-21(12-14-22)16-7-3-1-4-8-16/h1,3-4,7-8,17-18H,2,5-6,9-15H2/t18-/m1/s1. The van der Waals surface area contributed by atoms with Crippen LogP contribution < -0.4 is 4.90 Å². The first-order chi connectivity index (χ1) is 12.2. The summed E-state index contributed by atoms with van der Waals surface area (Å²) in [5.41, 5.74) is 1.24. The van der Waals surface area contributed by atoms with Crippen LogP contribution >= 0.6 is 0 Å². The van der Waals surface area contributed by atoms with Gasteiger partial charge >= 0.3 is 0 Å². The molecule has 3 fully saturated rings. The van der Waals surface area contributed by atoms with Gasteiger partial charge in [0.2, 0.25) is 11.8 Å². The van der Waals surface area contributed by atoms with Crippen molar-refractivity contribution in [3.05, 3.63) is 30.3 Å². The highest BCUT2D eigenvalue weighted by Gasteiger charge is 2.45. The molecule has 1 atom stereocenters. The molecule has 0 bridgehead atoms. The molecule has 5 heteroatoms. The summed E-state index contributed by atoms with van der Waals surface area (Å²) in [5, 5.41) is 0. The van der Waals surface area contributed by atoms with Crippen LogP contribution in [0.3, 0.4) is 0 Å². The Morgan fingerprint density at radius 3 is 2.20 bits per heavy atom. The maximum atomic E-state index is 12.9. The van der Waals surface area contributed by atoms with Crippen LogP contribution in [-0.4, -0.2) is 59.9 Å². The van der Waals surface area contributed by atoms with Crippen molar-refractivity contribution in [2.75, 3.05) is 31.1 Å². The molecule has 2 amide bonds. The molecule has 2 heterocycles. The second-order valence-electron chi connectivity index (χ2n) is 7.47. The van der Waals surface area contributed by atoms with Crippen LogP contribution in [0.5, 0.6) is 0 Å². The van der Waals surface area contributed by atoms with Crippen molar-refractivity contribution in [2.45, 2.75) is 50.6 Å². The predicted octanol–water partition coefficient (Wildman–Crippen LogP) is 2.27. The highest BCUT2D eigenvalue weighted by atomic mass is 16.2. The molecule has 1 saturated carbocycles. The van der Waals surface area contributed by atoms with Gasteiger partial charge in [-0.3, -0.25) is 19.4 Å². The minimum absolute atomic E-state index is 0.0485. The number of hydrogen-bond donors (Lipinski definition) is 0. The number of carbonyl (C=O) groups excluding carboxylic acids is 2. The highest BCUT2D eigenvalue weighted by Crippen LogP contribution is 2.29. The zero-order valence-electron chi connectivity index (χ0n) is 14.8. The lowest BCUT2D eigenvalue weighted by Crippen LogP contribution is -2.53. The number of carbonyl (C=O) groups is 2. The molecule has 1 aromatic rings. The third kappa shape index (κ3) is 3.30. The Balaban J connectivity index is 1.38. The van der Waals surface area contributed by atoms with Crippen LogP contribution in [0, 0.1) is 0 Å². The molecule has 1 aromatic carbocycles. The van der Waals surface area contributed by atoms with Crippen molar-refractivity contribution in [2.24, 2.45) is 0 Å². The largest absolute Gasteiger partial charge is 0.369 e. The van der Waals surface area contributed by atoms with Crippen molar-refractivity contribution in [3.8, 4) is 0 Å². The number of nitrogens with zero attached hydrogens (tertiary/aromatic N) is 3. The van der Waals surface area contributed by atoms with E-state index in [1.165, 1.54) is 12.1 Å². The zero-order chi connectivity index (χ0) is 17.2. The van der Waals surface area contributed by atoms with Gasteiger partial charge in [-0.1, -0.05) is 37.5 Å². The molecule has 2 saturated heterocycles. The molecule has 3 aliphatic rings. The summed E-state index contributed by atoms with van der Waals surface area (Å²) in [6, 6.07) is 10.3. The number of para-hydroxylation sites is 1. The molecule has 5 nitrogen and oxygen atoms in total. The van der Waals surface area contributed by atoms with Gasteiger partial charge in [-0.05, 0) is 25.0 Å². The van der Waals surface area contributed by atoms with Gasteiger partial charge in [-0.25, -0.2) is 0 Å². The lowest BCUT2D eigenvalue weighted by atomic mass is 9.94. The molecule has 134 valence electrons. The fraction of sp³-hybridized carbons (Fsp3) is 0.600. The second-order valence-corrected chi connectivity index (χ2v) is 7.47. The Bertz CT molecular complexity index is 619. The Hall–Kier alpha value is -1.88. The van der Waals surface area contributed by atoms with E-state index in [2.05, 4.69) is 34.1 Å². The minimum atomic E-state index is -0.229. The average Bonchev–Trinajstić information content (AvgIpc) is 2.97. The maximum Gasteiger partial charge on any atom is 0.247 e. The lowest BCUT2D eigenvalue weighted by Gasteiger charge is -2.38.